The van der Waals surface area contributed by atoms with Crippen LogP contribution in [0.4, 0.5) is 0 Å². The molecule has 1 aromatic heterocycles. The van der Waals surface area contributed by atoms with Gasteiger partial charge in [-0.2, -0.15) is 5.10 Å². The molecule has 106 valence electrons. The second-order valence-electron chi connectivity index (χ2n) is 6.02. The molecule has 0 aliphatic heterocycles. The van der Waals surface area contributed by atoms with Gasteiger partial charge in [-0.15, -0.1) is 0 Å². The van der Waals surface area contributed by atoms with E-state index in [0.29, 0.717) is 6.54 Å². The largest absolute Gasteiger partial charge is 0.324 e. The van der Waals surface area contributed by atoms with Crippen molar-refractivity contribution in [3.05, 3.63) is 51.8 Å². The van der Waals surface area contributed by atoms with E-state index in [1.165, 1.54) is 10.2 Å². The predicted octanol–water partition coefficient (Wildman–Crippen LogP) is 2.26. The third-order valence-corrected chi connectivity index (χ3v) is 3.09. The molecule has 0 atom stereocenters. The van der Waals surface area contributed by atoms with Crippen LogP contribution in [-0.4, -0.2) is 15.3 Å². The zero-order chi connectivity index (χ0) is 14.9. The number of nitrogens with zero attached hydrogens (tertiary/aromatic N) is 2. The Kier molecular flexibility index (Phi) is 3.77. The lowest BCUT2D eigenvalue weighted by Gasteiger charge is -2.19. The van der Waals surface area contributed by atoms with Gasteiger partial charge in [0.05, 0.1) is 12.2 Å². The van der Waals surface area contributed by atoms with Gasteiger partial charge in [-0.05, 0) is 45.4 Å². The standard InChI is InChI=1S/C16H21N3O/c1-11-5-6-12(2)13(9-11)14-7-8-15(20)19(18-14)10-16(3,4)17/h5-9H,10,17H2,1-4H3. The molecule has 1 heterocycles. The number of hydrogen-bond acceptors (Lipinski definition) is 3. The van der Waals surface area contributed by atoms with Crippen LogP contribution in [0.2, 0.25) is 0 Å². The molecule has 0 aliphatic carbocycles. The molecule has 4 nitrogen and oxygen atoms in total. The van der Waals surface area contributed by atoms with E-state index in [0.717, 1.165) is 16.8 Å². The Labute approximate surface area is 119 Å². The maximum atomic E-state index is 11.9. The first kappa shape index (κ1) is 14.5. The minimum Gasteiger partial charge on any atom is -0.324 e. The molecule has 0 bridgehead atoms. The summed E-state index contributed by atoms with van der Waals surface area (Å²) in [5, 5.41) is 4.45. The monoisotopic (exact) mass is 271 g/mol. The van der Waals surface area contributed by atoms with Gasteiger partial charge in [0, 0.05) is 17.2 Å². The van der Waals surface area contributed by atoms with Crippen LogP contribution in [0.5, 0.6) is 0 Å². The van der Waals surface area contributed by atoms with Gasteiger partial charge in [0.1, 0.15) is 0 Å². The van der Waals surface area contributed by atoms with E-state index in [9.17, 15) is 4.79 Å². The topological polar surface area (TPSA) is 60.9 Å². The third-order valence-electron chi connectivity index (χ3n) is 3.09. The molecule has 0 aliphatic rings. The SMILES string of the molecule is Cc1ccc(C)c(-c2ccc(=O)n(CC(C)(C)N)n2)c1. The van der Waals surface area contributed by atoms with Crippen molar-refractivity contribution in [2.45, 2.75) is 39.8 Å². The smallest absolute Gasteiger partial charge is 0.266 e. The molecule has 0 fully saturated rings. The highest BCUT2D eigenvalue weighted by atomic mass is 16.1. The summed E-state index contributed by atoms with van der Waals surface area (Å²) in [6.45, 7) is 8.24. The number of rotatable bonds is 3. The molecule has 0 saturated heterocycles. The minimum absolute atomic E-state index is 0.127. The van der Waals surface area contributed by atoms with Crippen molar-refractivity contribution >= 4 is 0 Å². The maximum absolute atomic E-state index is 11.9. The normalized spacial score (nSPS) is 11.7. The fourth-order valence-corrected chi connectivity index (χ4v) is 2.10. The van der Waals surface area contributed by atoms with Crippen LogP contribution in [0.15, 0.2) is 35.1 Å². The van der Waals surface area contributed by atoms with Crippen molar-refractivity contribution in [1.29, 1.82) is 0 Å². The first-order valence-electron chi connectivity index (χ1n) is 6.71. The Hall–Kier alpha value is -1.94. The lowest BCUT2D eigenvalue weighted by atomic mass is 10.0. The van der Waals surface area contributed by atoms with Crippen LogP contribution in [0.3, 0.4) is 0 Å². The number of hydrogen-bond donors (Lipinski definition) is 1. The Morgan fingerprint density at radius 2 is 1.90 bits per heavy atom. The summed E-state index contributed by atoms with van der Waals surface area (Å²) >= 11 is 0. The van der Waals surface area contributed by atoms with Crippen LogP contribution in [0.1, 0.15) is 25.0 Å². The number of nitrogens with two attached hydrogens (primary N) is 1. The van der Waals surface area contributed by atoms with Crippen LogP contribution >= 0.6 is 0 Å². The van der Waals surface area contributed by atoms with Crippen LogP contribution in [-0.2, 0) is 6.54 Å². The van der Waals surface area contributed by atoms with E-state index in [2.05, 4.69) is 23.3 Å². The zero-order valence-corrected chi connectivity index (χ0v) is 12.5. The number of aryl methyl sites for hydroxylation is 2. The van der Waals surface area contributed by atoms with E-state index in [1.54, 1.807) is 12.1 Å². The lowest BCUT2D eigenvalue weighted by Crippen LogP contribution is -2.41. The van der Waals surface area contributed by atoms with E-state index in [-0.39, 0.29) is 5.56 Å². The average Bonchev–Trinajstić information content (AvgIpc) is 2.33. The van der Waals surface area contributed by atoms with E-state index in [4.69, 9.17) is 5.73 Å². The molecule has 2 N–H and O–H groups in total. The molecule has 1 aromatic carbocycles. The molecule has 20 heavy (non-hydrogen) atoms. The zero-order valence-electron chi connectivity index (χ0n) is 12.5. The lowest BCUT2D eigenvalue weighted by molar-refractivity contribution is 0.397. The molecular formula is C16H21N3O. The van der Waals surface area contributed by atoms with Crippen LogP contribution in [0.25, 0.3) is 11.3 Å². The second-order valence-corrected chi connectivity index (χ2v) is 6.02. The summed E-state index contributed by atoms with van der Waals surface area (Å²) < 4.78 is 1.44. The summed E-state index contributed by atoms with van der Waals surface area (Å²) in [5.41, 5.74) is 9.54. The summed E-state index contributed by atoms with van der Waals surface area (Å²) in [6.07, 6.45) is 0. The van der Waals surface area contributed by atoms with Crippen LogP contribution < -0.4 is 11.3 Å². The van der Waals surface area contributed by atoms with Crippen molar-refractivity contribution in [2.24, 2.45) is 5.73 Å². The molecule has 0 radical (unpaired) electrons. The molecule has 4 heteroatoms. The van der Waals surface area contributed by atoms with Gasteiger partial charge in [-0.1, -0.05) is 17.7 Å². The van der Waals surface area contributed by atoms with Gasteiger partial charge in [0.15, 0.2) is 0 Å². The van der Waals surface area contributed by atoms with Gasteiger partial charge in [-0.25, -0.2) is 4.68 Å². The second kappa shape index (κ2) is 5.21. The summed E-state index contributed by atoms with van der Waals surface area (Å²) in [6, 6.07) is 9.53. The Morgan fingerprint density at radius 3 is 2.55 bits per heavy atom. The van der Waals surface area contributed by atoms with Crippen molar-refractivity contribution < 1.29 is 0 Å². The predicted molar refractivity (Wildman–Crippen MR) is 81.7 cm³/mol. The quantitative estimate of drug-likeness (QED) is 0.931. The molecule has 0 amide bonds. The van der Waals surface area contributed by atoms with Gasteiger partial charge < -0.3 is 5.73 Å². The first-order valence-corrected chi connectivity index (χ1v) is 6.71. The van der Waals surface area contributed by atoms with Gasteiger partial charge in [0.25, 0.3) is 5.56 Å². The molecule has 2 rings (SSSR count). The molecule has 0 spiro atoms. The fourth-order valence-electron chi connectivity index (χ4n) is 2.10. The molecule has 0 unspecified atom stereocenters. The van der Waals surface area contributed by atoms with Gasteiger partial charge in [0.2, 0.25) is 0 Å². The maximum Gasteiger partial charge on any atom is 0.266 e. The Bertz CT molecular complexity index is 681. The highest BCUT2D eigenvalue weighted by molar-refractivity contribution is 5.63. The van der Waals surface area contributed by atoms with Gasteiger partial charge in [-0.3, -0.25) is 4.79 Å². The Morgan fingerprint density at radius 1 is 1.20 bits per heavy atom. The molecular weight excluding hydrogens is 250 g/mol. The van der Waals surface area contributed by atoms with Crippen molar-refractivity contribution in [2.75, 3.05) is 0 Å². The van der Waals surface area contributed by atoms with Gasteiger partial charge >= 0.3 is 0 Å². The first-order chi connectivity index (χ1) is 9.26. The van der Waals surface area contributed by atoms with E-state index >= 15 is 0 Å². The van der Waals surface area contributed by atoms with E-state index < -0.39 is 5.54 Å². The van der Waals surface area contributed by atoms with Crippen LogP contribution in [0, 0.1) is 13.8 Å². The minimum atomic E-state index is -0.475. The van der Waals surface area contributed by atoms with Crippen molar-refractivity contribution in [1.82, 2.24) is 9.78 Å². The van der Waals surface area contributed by atoms with Crippen molar-refractivity contribution in [3.63, 3.8) is 0 Å². The highest BCUT2D eigenvalue weighted by Gasteiger charge is 2.14. The fraction of sp³-hybridized carbons (Fsp3) is 0.375. The summed E-state index contributed by atoms with van der Waals surface area (Å²) in [4.78, 5) is 11.9. The molecule has 2 aromatic rings. The highest BCUT2D eigenvalue weighted by Crippen LogP contribution is 2.21. The average molecular weight is 271 g/mol. The van der Waals surface area contributed by atoms with Crippen molar-refractivity contribution in [3.8, 4) is 11.3 Å². The number of benzene rings is 1. The molecule has 0 saturated carbocycles. The third kappa shape index (κ3) is 3.33. The number of aromatic nitrogens is 2. The summed E-state index contributed by atoms with van der Waals surface area (Å²) in [7, 11) is 0. The summed E-state index contributed by atoms with van der Waals surface area (Å²) in [5.74, 6) is 0. The Balaban J connectivity index is 2.51. The van der Waals surface area contributed by atoms with E-state index in [1.807, 2.05) is 27.7 Å².